The van der Waals surface area contributed by atoms with Crippen LogP contribution in [0.1, 0.15) is 44.5 Å². The van der Waals surface area contributed by atoms with Crippen LogP contribution in [0.15, 0.2) is 231 Å². The molecular formula is C56H38ClN. The maximum absolute atomic E-state index is 6.86. The van der Waals surface area contributed by atoms with Crippen LogP contribution in [0.5, 0.6) is 0 Å². The van der Waals surface area contributed by atoms with Gasteiger partial charge in [0.25, 0.3) is 0 Å². The number of hydrogen-bond acceptors (Lipinski definition) is 1. The molecule has 0 unspecified atom stereocenters. The van der Waals surface area contributed by atoms with Crippen LogP contribution in [0.2, 0.25) is 5.02 Å². The maximum atomic E-state index is 6.86. The van der Waals surface area contributed by atoms with E-state index in [0.29, 0.717) is 5.02 Å². The highest BCUT2D eigenvalue weighted by molar-refractivity contribution is 6.30. The van der Waals surface area contributed by atoms with Crippen molar-refractivity contribution >= 4 is 28.7 Å². The second-order valence-electron chi connectivity index (χ2n) is 15.3. The summed E-state index contributed by atoms with van der Waals surface area (Å²) in [4.78, 5) is 2.39. The number of benzene rings is 9. The lowest BCUT2D eigenvalue weighted by molar-refractivity contribution is 0.767. The predicted octanol–water partition coefficient (Wildman–Crippen LogP) is 14.5. The Balaban J connectivity index is 1.19. The van der Waals surface area contributed by atoms with Gasteiger partial charge < -0.3 is 4.90 Å². The van der Waals surface area contributed by atoms with Gasteiger partial charge in [-0.2, -0.15) is 0 Å². The minimum absolute atomic E-state index is 0.528. The van der Waals surface area contributed by atoms with Crippen molar-refractivity contribution in [2.24, 2.45) is 0 Å². The van der Waals surface area contributed by atoms with Crippen LogP contribution in [0.3, 0.4) is 0 Å². The summed E-state index contributed by atoms with van der Waals surface area (Å²) in [5.74, 6) is 0. The Morgan fingerprint density at radius 1 is 0.276 bits per heavy atom. The molecule has 9 aromatic rings. The van der Waals surface area contributed by atoms with E-state index in [2.05, 4.69) is 223 Å². The summed E-state index contributed by atoms with van der Waals surface area (Å²) >= 11 is 6.86. The fourth-order valence-electron chi connectivity index (χ4n) is 10.2. The van der Waals surface area contributed by atoms with Crippen molar-refractivity contribution in [1.82, 2.24) is 0 Å². The molecule has 2 heteroatoms. The first kappa shape index (κ1) is 34.3. The van der Waals surface area contributed by atoms with Gasteiger partial charge in [0.1, 0.15) is 0 Å². The zero-order chi connectivity index (χ0) is 38.7. The maximum Gasteiger partial charge on any atom is 0.0714 e. The number of fused-ring (bicyclic) bond motifs is 6. The van der Waals surface area contributed by atoms with E-state index in [9.17, 15) is 0 Å². The van der Waals surface area contributed by atoms with Crippen molar-refractivity contribution in [3.8, 4) is 22.3 Å². The quantitative estimate of drug-likeness (QED) is 0.156. The minimum atomic E-state index is -0.528. The van der Waals surface area contributed by atoms with E-state index in [-0.39, 0.29) is 0 Å². The topological polar surface area (TPSA) is 3.24 Å². The molecule has 0 aliphatic heterocycles. The second kappa shape index (κ2) is 13.6. The number of anilines is 3. The Kier molecular flexibility index (Phi) is 8.06. The van der Waals surface area contributed by atoms with Crippen molar-refractivity contribution in [3.05, 3.63) is 280 Å². The molecule has 0 saturated heterocycles. The zero-order valence-corrected chi connectivity index (χ0v) is 32.5. The molecular weight excluding hydrogens is 722 g/mol. The molecule has 58 heavy (non-hydrogen) atoms. The highest BCUT2D eigenvalue weighted by Crippen LogP contribution is 2.59. The molecule has 0 atom stereocenters. The Morgan fingerprint density at radius 3 is 1.02 bits per heavy atom. The van der Waals surface area contributed by atoms with Gasteiger partial charge in [-0.3, -0.25) is 0 Å². The largest absolute Gasteiger partial charge is 0.310 e. The third-order valence-corrected chi connectivity index (χ3v) is 12.7. The first-order chi connectivity index (χ1) is 28.7. The summed E-state index contributed by atoms with van der Waals surface area (Å²) in [6.07, 6.45) is 0. The summed E-state index contributed by atoms with van der Waals surface area (Å²) in [5.41, 5.74) is 17.1. The van der Waals surface area contributed by atoms with Crippen molar-refractivity contribution in [1.29, 1.82) is 0 Å². The highest BCUT2D eigenvalue weighted by atomic mass is 35.5. The van der Waals surface area contributed by atoms with Crippen LogP contribution < -0.4 is 4.90 Å². The minimum Gasteiger partial charge on any atom is -0.310 e. The van der Waals surface area contributed by atoms with Crippen LogP contribution >= 0.6 is 11.6 Å². The van der Waals surface area contributed by atoms with Crippen molar-refractivity contribution < 1.29 is 0 Å². The Morgan fingerprint density at radius 2 is 0.621 bits per heavy atom. The molecule has 0 fully saturated rings. The average molecular weight is 760 g/mol. The smallest absolute Gasteiger partial charge is 0.0714 e. The van der Waals surface area contributed by atoms with Gasteiger partial charge in [0, 0.05) is 22.1 Å². The first-order valence-corrected chi connectivity index (χ1v) is 20.3. The van der Waals surface area contributed by atoms with E-state index in [1.54, 1.807) is 0 Å². The van der Waals surface area contributed by atoms with Crippen LogP contribution in [0, 0.1) is 0 Å². The Bertz CT molecular complexity index is 2700. The lowest BCUT2D eigenvalue weighted by atomic mass is 9.67. The average Bonchev–Trinajstić information content (AvgIpc) is 3.76. The van der Waals surface area contributed by atoms with Crippen LogP contribution in [-0.2, 0) is 10.8 Å². The van der Waals surface area contributed by atoms with E-state index in [1.165, 1.54) is 66.8 Å². The molecule has 274 valence electrons. The van der Waals surface area contributed by atoms with Gasteiger partial charge in [-0.15, -0.1) is 0 Å². The fourth-order valence-corrected chi connectivity index (χ4v) is 10.4. The lowest BCUT2D eigenvalue weighted by Crippen LogP contribution is -2.29. The highest BCUT2D eigenvalue weighted by Gasteiger charge is 2.48. The molecule has 2 aliphatic rings. The van der Waals surface area contributed by atoms with Gasteiger partial charge in [-0.25, -0.2) is 0 Å². The molecule has 0 aromatic heterocycles. The third kappa shape index (κ3) is 4.97. The van der Waals surface area contributed by atoms with Crippen molar-refractivity contribution in [2.45, 2.75) is 10.8 Å². The zero-order valence-electron chi connectivity index (χ0n) is 31.8. The fraction of sp³-hybridized carbons (Fsp3) is 0.0357. The van der Waals surface area contributed by atoms with Gasteiger partial charge >= 0.3 is 0 Å². The van der Waals surface area contributed by atoms with Gasteiger partial charge in [-0.05, 0) is 109 Å². The Labute approximate surface area is 345 Å². The molecule has 0 amide bonds. The molecule has 0 radical (unpaired) electrons. The predicted molar refractivity (Wildman–Crippen MR) is 241 cm³/mol. The van der Waals surface area contributed by atoms with Crippen molar-refractivity contribution in [2.75, 3.05) is 4.90 Å². The molecule has 2 aliphatic carbocycles. The van der Waals surface area contributed by atoms with Crippen LogP contribution in [0.4, 0.5) is 17.1 Å². The van der Waals surface area contributed by atoms with E-state index in [1.807, 2.05) is 12.1 Å². The van der Waals surface area contributed by atoms with E-state index >= 15 is 0 Å². The van der Waals surface area contributed by atoms with Crippen molar-refractivity contribution in [3.63, 3.8) is 0 Å². The first-order valence-electron chi connectivity index (χ1n) is 20.0. The van der Waals surface area contributed by atoms with E-state index < -0.39 is 10.8 Å². The second-order valence-corrected chi connectivity index (χ2v) is 15.8. The lowest BCUT2D eigenvalue weighted by Gasteiger charge is -2.36. The summed E-state index contributed by atoms with van der Waals surface area (Å²) in [5, 5.41) is 0.690. The van der Waals surface area contributed by atoms with E-state index in [4.69, 9.17) is 11.6 Å². The number of rotatable bonds is 7. The van der Waals surface area contributed by atoms with Gasteiger partial charge in [-0.1, -0.05) is 200 Å². The summed E-state index contributed by atoms with van der Waals surface area (Å²) in [6.45, 7) is 0. The molecule has 0 saturated carbocycles. The summed E-state index contributed by atoms with van der Waals surface area (Å²) < 4.78 is 0. The number of hydrogen-bond donors (Lipinski definition) is 0. The third-order valence-electron chi connectivity index (χ3n) is 12.5. The Hall–Kier alpha value is -6.93. The molecule has 11 rings (SSSR count). The summed E-state index contributed by atoms with van der Waals surface area (Å²) in [7, 11) is 0. The molecule has 9 aromatic carbocycles. The standard InChI is InChI=1S/C56H38ClN/c57-43-26-17-27-44(36-43)58(45-32-34-49-47-28-13-15-30-51(47)55(53(49)37-45,39-18-5-1-6-19-39)40-20-7-2-8-21-40)46-33-35-50-48-29-14-16-31-52(48)56(54(50)38-46,41-22-9-3-10-23-41)42-24-11-4-12-25-42/h1-38H. The molecule has 0 N–H and O–H groups in total. The normalized spacial score (nSPS) is 13.9. The number of nitrogens with zero attached hydrogens (tertiary/aromatic N) is 1. The molecule has 0 spiro atoms. The van der Waals surface area contributed by atoms with E-state index in [0.717, 1.165) is 17.1 Å². The van der Waals surface area contributed by atoms with Crippen LogP contribution in [0.25, 0.3) is 22.3 Å². The molecule has 0 bridgehead atoms. The van der Waals surface area contributed by atoms with Gasteiger partial charge in [0.05, 0.1) is 10.8 Å². The van der Waals surface area contributed by atoms with Gasteiger partial charge in [0.2, 0.25) is 0 Å². The molecule has 0 heterocycles. The van der Waals surface area contributed by atoms with Crippen LogP contribution in [-0.4, -0.2) is 0 Å². The SMILES string of the molecule is Clc1cccc(N(c2ccc3c(c2)C(c2ccccc2)(c2ccccc2)c2ccccc2-3)c2ccc3c(c2)C(c2ccccc2)(c2ccccc2)c2ccccc2-3)c1. The summed E-state index contributed by atoms with van der Waals surface area (Å²) in [6, 6.07) is 84.2. The molecule has 1 nitrogen and oxygen atoms in total. The number of halogens is 1. The van der Waals surface area contributed by atoms with Gasteiger partial charge in [0.15, 0.2) is 0 Å². The monoisotopic (exact) mass is 759 g/mol.